The van der Waals surface area contributed by atoms with Crippen molar-refractivity contribution in [3.8, 4) is 11.5 Å². The van der Waals surface area contributed by atoms with E-state index in [4.69, 9.17) is 21.1 Å². The number of halogens is 5. The van der Waals surface area contributed by atoms with E-state index < -0.39 is 17.8 Å². The number of nitrogens with one attached hydrogen (secondary N) is 1. The molecule has 130 valence electrons. The van der Waals surface area contributed by atoms with E-state index in [1.807, 2.05) is 0 Å². The molecule has 9 heteroatoms. The smallest absolute Gasteiger partial charge is 0.449 e. The molecule has 1 fully saturated rings. The van der Waals surface area contributed by atoms with Crippen LogP contribution in [0.25, 0.3) is 0 Å². The highest BCUT2D eigenvalue weighted by Crippen LogP contribution is 2.36. The maximum atomic E-state index is 14.1. The Balaban J connectivity index is 1.75. The number of alkyl halides is 3. The summed E-state index contributed by atoms with van der Waals surface area (Å²) >= 11 is 5.80. The molecule has 0 amide bonds. The zero-order chi connectivity index (χ0) is 17.3. The number of hydrogen-bond acceptors (Lipinski definition) is 4. The summed E-state index contributed by atoms with van der Waals surface area (Å²) in [5.74, 6) is -2.14. The predicted octanol–water partition coefficient (Wildman–Crippen LogP) is 4.02. The fourth-order valence-corrected chi connectivity index (χ4v) is 2.24. The van der Waals surface area contributed by atoms with Crippen molar-refractivity contribution >= 4 is 11.6 Å². The van der Waals surface area contributed by atoms with Crippen LogP contribution in [0.5, 0.6) is 11.5 Å². The molecule has 24 heavy (non-hydrogen) atoms. The van der Waals surface area contributed by atoms with Gasteiger partial charge in [0.15, 0.2) is 17.3 Å². The molecule has 0 aliphatic carbocycles. The molecule has 0 spiro atoms. The van der Waals surface area contributed by atoms with Crippen molar-refractivity contribution in [2.75, 3.05) is 13.1 Å². The van der Waals surface area contributed by atoms with Crippen molar-refractivity contribution < 1.29 is 31.5 Å². The van der Waals surface area contributed by atoms with Crippen LogP contribution in [0.1, 0.15) is 11.5 Å². The van der Waals surface area contributed by atoms with E-state index in [1.165, 1.54) is 6.07 Å². The molecule has 0 unspecified atom stereocenters. The minimum atomic E-state index is -4.59. The zero-order valence-electron chi connectivity index (χ0n) is 12.1. The van der Waals surface area contributed by atoms with Gasteiger partial charge in [-0.2, -0.15) is 13.2 Å². The lowest BCUT2D eigenvalue weighted by Crippen LogP contribution is -2.50. The monoisotopic (exact) mass is 365 g/mol. The van der Waals surface area contributed by atoms with Gasteiger partial charge in [-0.3, -0.25) is 0 Å². The fourth-order valence-electron chi connectivity index (χ4n) is 2.04. The molecule has 1 aromatic heterocycles. The number of benzene rings is 1. The van der Waals surface area contributed by atoms with Crippen LogP contribution in [0.4, 0.5) is 17.6 Å². The lowest BCUT2D eigenvalue weighted by atomic mass is 10.2. The Morgan fingerprint density at radius 2 is 2.00 bits per heavy atom. The molecule has 4 nitrogen and oxygen atoms in total. The van der Waals surface area contributed by atoms with Crippen LogP contribution in [0.2, 0.25) is 5.02 Å². The summed E-state index contributed by atoms with van der Waals surface area (Å²) in [5, 5.41) is 3.12. The van der Waals surface area contributed by atoms with Gasteiger partial charge in [0.25, 0.3) is 0 Å². The third kappa shape index (κ3) is 3.76. The highest BCUT2D eigenvalue weighted by atomic mass is 35.5. The molecule has 1 saturated heterocycles. The molecule has 2 heterocycles. The van der Waals surface area contributed by atoms with Crippen molar-refractivity contribution in [2.24, 2.45) is 0 Å². The van der Waals surface area contributed by atoms with Gasteiger partial charge in [-0.1, -0.05) is 11.6 Å². The summed E-state index contributed by atoms with van der Waals surface area (Å²) in [4.78, 5) is 0. The molecule has 0 saturated carbocycles. The van der Waals surface area contributed by atoms with Crippen LogP contribution >= 0.6 is 11.6 Å². The Bertz CT molecular complexity index is 728. The Labute approximate surface area is 139 Å². The van der Waals surface area contributed by atoms with Crippen LogP contribution in [0.3, 0.4) is 0 Å². The average Bonchev–Trinajstić information content (AvgIpc) is 2.90. The molecule has 1 aromatic carbocycles. The second kappa shape index (κ2) is 6.52. The second-order valence-corrected chi connectivity index (χ2v) is 5.60. The third-order valence-electron chi connectivity index (χ3n) is 3.31. The maximum Gasteiger partial charge on any atom is 0.449 e. The highest BCUT2D eigenvalue weighted by Gasteiger charge is 2.34. The normalized spacial score (nSPS) is 15.2. The Morgan fingerprint density at radius 1 is 1.25 bits per heavy atom. The molecular formula is C15H12ClF4NO3. The van der Waals surface area contributed by atoms with Gasteiger partial charge >= 0.3 is 6.18 Å². The summed E-state index contributed by atoms with van der Waals surface area (Å²) in [6.07, 6.45) is -4.74. The van der Waals surface area contributed by atoms with Gasteiger partial charge in [0.2, 0.25) is 5.76 Å². The molecule has 0 atom stereocenters. The summed E-state index contributed by atoms with van der Waals surface area (Å²) in [7, 11) is 0. The van der Waals surface area contributed by atoms with Gasteiger partial charge in [-0.25, -0.2) is 4.39 Å². The fraction of sp³-hybridized carbons (Fsp3) is 0.333. The lowest BCUT2D eigenvalue weighted by Gasteiger charge is -2.28. The maximum absolute atomic E-state index is 14.1. The summed E-state index contributed by atoms with van der Waals surface area (Å²) in [6.45, 7) is 0.815. The first-order chi connectivity index (χ1) is 11.3. The van der Waals surface area contributed by atoms with Crippen LogP contribution in [0.15, 0.2) is 28.7 Å². The molecule has 3 rings (SSSR count). The van der Waals surface area contributed by atoms with Crippen LogP contribution in [-0.2, 0) is 12.8 Å². The Hall–Kier alpha value is -1.93. The minimum absolute atomic E-state index is 0.0899. The predicted molar refractivity (Wildman–Crippen MR) is 76.7 cm³/mol. The number of furan rings is 1. The quantitative estimate of drug-likeness (QED) is 0.813. The Morgan fingerprint density at radius 3 is 2.58 bits per heavy atom. The van der Waals surface area contributed by atoms with Gasteiger partial charge < -0.3 is 19.2 Å². The van der Waals surface area contributed by atoms with E-state index in [2.05, 4.69) is 9.73 Å². The van der Waals surface area contributed by atoms with E-state index in [9.17, 15) is 17.6 Å². The SMILES string of the molecule is Fc1cc(Cl)cc(OC2CNC2)c1OCc1ccc(C(F)(F)F)o1. The van der Waals surface area contributed by atoms with Crippen molar-refractivity contribution in [3.63, 3.8) is 0 Å². The van der Waals surface area contributed by atoms with E-state index in [-0.39, 0.29) is 35.0 Å². The average molecular weight is 366 g/mol. The van der Waals surface area contributed by atoms with E-state index in [0.29, 0.717) is 13.1 Å². The first kappa shape index (κ1) is 16.9. The van der Waals surface area contributed by atoms with Crippen LogP contribution in [0, 0.1) is 5.82 Å². The molecular weight excluding hydrogens is 354 g/mol. The van der Waals surface area contributed by atoms with Gasteiger partial charge in [0.1, 0.15) is 18.5 Å². The van der Waals surface area contributed by atoms with Crippen molar-refractivity contribution in [3.05, 3.63) is 46.6 Å². The number of hydrogen-bond donors (Lipinski definition) is 1. The summed E-state index contributed by atoms with van der Waals surface area (Å²) in [5.41, 5.74) is 0. The largest absolute Gasteiger partial charge is 0.484 e. The number of rotatable bonds is 5. The lowest BCUT2D eigenvalue weighted by molar-refractivity contribution is -0.153. The van der Waals surface area contributed by atoms with Crippen molar-refractivity contribution in [1.29, 1.82) is 0 Å². The van der Waals surface area contributed by atoms with E-state index in [0.717, 1.165) is 18.2 Å². The number of ether oxygens (including phenoxy) is 2. The standard InChI is InChI=1S/C15H12ClF4NO3/c16-8-3-11(17)14(12(4-8)23-10-5-21-6-10)22-7-9-1-2-13(24-9)15(18,19)20/h1-4,10,21H,5-7H2. The van der Waals surface area contributed by atoms with Crippen LogP contribution < -0.4 is 14.8 Å². The molecule has 0 bridgehead atoms. The molecule has 1 aliphatic rings. The van der Waals surface area contributed by atoms with Crippen molar-refractivity contribution in [2.45, 2.75) is 18.9 Å². The van der Waals surface area contributed by atoms with Gasteiger partial charge in [-0.05, 0) is 18.2 Å². The Kier molecular flexibility index (Phi) is 4.60. The molecule has 1 aliphatic heterocycles. The minimum Gasteiger partial charge on any atom is -0.484 e. The van der Waals surface area contributed by atoms with Gasteiger partial charge in [0, 0.05) is 24.2 Å². The second-order valence-electron chi connectivity index (χ2n) is 5.17. The van der Waals surface area contributed by atoms with Crippen molar-refractivity contribution in [1.82, 2.24) is 5.32 Å². The summed E-state index contributed by atoms with van der Waals surface area (Å²) in [6, 6.07) is 4.33. The highest BCUT2D eigenvalue weighted by molar-refractivity contribution is 6.30. The van der Waals surface area contributed by atoms with Gasteiger partial charge in [0.05, 0.1) is 0 Å². The first-order valence-electron chi connectivity index (χ1n) is 6.98. The third-order valence-corrected chi connectivity index (χ3v) is 3.53. The van der Waals surface area contributed by atoms with Crippen LogP contribution in [-0.4, -0.2) is 19.2 Å². The van der Waals surface area contributed by atoms with E-state index >= 15 is 0 Å². The van der Waals surface area contributed by atoms with Gasteiger partial charge in [-0.15, -0.1) is 0 Å². The zero-order valence-corrected chi connectivity index (χ0v) is 12.9. The topological polar surface area (TPSA) is 43.6 Å². The van der Waals surface area contributed by atoms with E-state index in [1.54, 1.807) is 0 Å². The first-order valence-corrected chi connectivity index (χ1v) is 7.36. The molecule has 2 aromatic rings. The molecule has 0 radical (unpaired) electrons. The summed E-state index contributed by atoms with van der Waals surface area (Å²) < 4.78 is 67.0. The molecule has 1 N–H and O–H groups in total.